The van der Waals surface area contributed by atoms with E-state index in [1.165, 1.54) is 0 Å². The fraction of sp³-hybridized carbons (Fsp3) is 0.0714. The van der Waals surface area contributed by atoms with E-state index in [4.69, 9.17) is 9.47 Å². The van der Waals surface area contributed by atoms with Crippen LogP contribution in [-0.2, 0) is 11.4 Å². The van der Waals surface area contributed by atoms with Gasteiger partial charge in [-0.05, 0) is 65.2 Å². The van der Waals surface area contributed by atoms with Crippen molar-refractivity contribution in [3.63, 3.8) is 0 Å². The summed E-state index contributed by atoms with van der Waals surface area (Å²) in [5, 5.41) is 3.99. The molecule has 35 heavy (non-hydrogen) atoms. The molecule has 0 heterocycles. The molecule has 0 aliphatic carbocycles. The van der Waals surface area contributed by atoms with Crippen molar-refractivity contribution in [2.45, 2.75) is 6.61 Å². The Hall–Kier alpha value is -3.42. The summed E-state index contributed by atoms with van der Waals surface area (Å²) in [4.78, 5) is 12.0. The van der Waals surface area contributed by atoms with Crippen molar-refractivity contribution < 1.29 is 14.3 Å². The van der Waals surface area contributed by atoms with Gasteiger partial charge in [0.05, 0.1) is 6.21 Å². The Balaban J connectivity index is 1.20. The van der Waals surface area contributed by atoms with Gasteiger partial charge in [0, 0.05) is 14.5 Å². The summed E-state index contributed by atoms with van der Waals surface area (Å²) in [6.45, 7) is 0.326. The number of nitrogens with zero attached hydrogens (tertiary/aromatic N) is 1. The number of benzene rings is 4. The number of ether oxygens (including phenoxy) is 2. The van der Waals surface area contributed by atoms with Crippen LogP contribution in [0, 0.1) is 0 Å². The summed E-state index contributed by atoms with van der Waals surface area (Å²) in [7, 11) is 0. The molecule has 0 saturated carbocycles. The molecule has 176 valence electrons. The van der Waals surface area contributed by atoms with E-state index in [9.17, 15) is 4.79 Å². The van der Waals surface area contributed by atoms with Gasteiger partial charge in [-0.1, -0.05) is 80.4 Å². The Labute approximate surface area is 221 Å². The lowest BCUT2D eigenvalue weighted by atomic mass is 10.1. The van der Waals surface area contributed by atoms with Crippen LogP contribution in [0.15, 0.2) is 111 Å². The molecule has 0 saturated heterocycles. The second kappa shape index (κ2) is 12.3. The molecule has 1 amide bonds. The number of nitrogens with one attached hydrogen (secondary N) is 1. The maximum absolute atomic E-state index is 12.0. The summed E-state index contributed by atoms with van der Waals surface area (Å²) in [6, 6.07) is 31.1. The highest BCUT2D eigenvalue weighted by Crippen LogP contribution is 2.24. The van der Waals surface area contributed by atoms with Crippen LogP contribution in [0.1, 0.15) is 11.1 Å². The molecule has 4 rings (SSSR count). The van der Waals surface area contributed by atoms with Crippen molar-refractivity contribution in [3.05, 3.63) is 117 Å². The third-order valence-corrected chi connectivity index (χ3v) is 6.26. The molecule has 4 aromatic rings. The van der Waals surface area contributed by atoms with Gasteiger partial charge in [-0.25, -0.2) is 5.43 Å². The van der Waals surface area contributed by atoms with Crippen LogP contribution in [0.3, 0.4) is 0 Å². The fourth-order valence-electron chi connectivity index (χ4n) is 3.18. The second-order valence-electron chi connectivity index (χ2n) is 7.57. The molecular weight excluding hydrogens is 572 g/mol. The van der Waals surface area contributed by atoms with E-state index in [2.05, 4.69) is 42.4 Å². The number of carbonyl (C=O) groups excluding carboxylic acids is 1. The van der Waals surface area contributed by atoms with Crippen molar-refractivity contribution in [1.29, 1.82) is 0 Å². The van der Waals surface area contributed by atoms with Gasteiger partial charge in [-0.2, -0.15) is 5.10 Å². The molecule has 0 spiro atoms. The molecule has 0 fully saturated rings. The summed E-state index contributed by atoms with van der Waals surface area (Å²) >= 11 is 6.98. The quantitative estimate of drug-likeness (QED) is 0.168. The average molecular weight is 594 g/mol. The molecule has 4 aromatic carbocycles. The number of amides is 1. The molecule has 7 heteroatoms. The zero-order valence-electron chi connectivity index (χ0n) is 18.7. The van der Waals surface area contributed by atoms with Crippen LogP contribution in [-0.4, -0.2) is 18.7 Å². The maximum atomic E-state index is 12.0. The predicted octanol–water partition coefficient (Wildman–Crippen LogP) is 6.99. The lowest BCUT2D eigenvalue weighted by molar-refractivity contribution is -0.123. The van der Waals surface area contributed by atoms with Crippen molar-refractivity contribution >= 4 is 44.0 Å². The molecule has 0 radical (unpaired) electrons. The molecule has 1 N–H and O–H groups in total. The van der Waals surface area contributed by atoms with E-state index < -0.39 is 0 Å². The van der Waals surface area contributed by atoms with Crippen LogP contribution in [0.25, 0.3) is 11.1 Å². The predicted molar refractivity (Wildman–Crippen MR) is 146 cm³/mol. The molecule has 0 bridgehead atoms. The highest BCUT2D eigenvalue weighted by Gasteiger charge is 2.04. The van der Waals surface area contributed by atoms with Crippen LogP contribution in [0.4, 0.5) is 0 Å². The van der Waals surface area contributed by atoms with Gasteiger partial charge < -0.3 is 9.47 Å². The Kier molecular flexibility index (Phi) is 8.70. The second-order valence-corrected chi connectivity index (χ2v) is 9.34. The molecule has 0 unspecified atom stereocenters. The zero-order valence-corrected chi connectivity index (χ0v) is 21.8. The van der Waals surface area contributed by atoms with Crippen LogP contribution in [0.5, 0.6) is 11.5 Å². The first-order valence-electron chi connectivity index (χ1n) is 10.8. The van der Waals surface area contributed by atoms with E-state index in [0.717, 1.165) is 36.9 Å². The van der Waals surface area contributed by atoms with Crippen LogP contribution < -0.4 is 14.9 Å². The summed E-state index contributed by atoms with van der Waals surface area (Å²) in [5.41, 5.74) is 6.58. The lowest BCUT2D eigenvalue weighted by Gasteiger charge is -2.08. The van der Waals surface area contributed by atoms with Gasteiger partial charge in [-0.3, -0.25) is 4.79 Å². The minimum atomic E-state index is -0.339. The minimum Gasteiger partial charge on any atom is -0.489 e. The van der Waals surface area contributed by atoms with E-state index in [0.29, 0.717) is 12.4 Å². The van der Waals surface area contributed by atoms with Crippen molar-refractivity contribution in [2.24, 2.45) is 5.10 Å². The first-order chi connectivity index (χ1) is 17.1. The Morgan fingerprint density at radius 1 is 0.800 bits per heavy atom. The van der Waals surface area contributed by atoms with Gasteiger partial charge in [0.1, 0.15) is 18.1 Å². The Morgan fingerprint density at radius 2 is 1.46 bits per heavy atom. The molecular formula is C28H22Br2N2O3. The first kappa shape index (κ1) is 24.7. The van der Waals surface area contributed by atoms with Gasteiger partial charge in [0.2, 0.25) is 0 Å². The number of carbonyl (C=O) groups is 1. The monoisotopic (exact) mass is 592 g/mol. The third-order valence-electron chi connectivity index (χ3n) is 5.02. The number of hydrogen-bond acceptors (Lipinski definition) is 4. The molecule has 0 aliphatic heterocycles. The molecule has 0 aromatic heterocycles. The van der Waals surface area contributed by atoms with E-state index in [1.54, 1.807) is 6.21 Å². The van der Waals surface area contributed by atoms with Crippen molar-refractivity contribution in [3.8, 4) is 22.6 Å². The lowest BCUT2D eigenvalue weighted by Crippen LogP contribution is -2.24. The van der Waals surface area contributed by atoms with E-state index >= 15 is 0 Å². The molecule has 5 nitrogen and oxygen atoms in total. The van der Waals surface area contributed by atoms with Crippen molar-refractivity contribution in [2.75, 3.05) is 6.61 Å². The number of hydrogen-bond donors (Lipinski definition) is 1. The topological polar surface area (TPSA) is 59.9 Å². The SMILES string of the molecule is O=C(COc1ccc(-c2ccccc2)cc1)N/N=C/c1ccc(OCc2ccc(Br)cc2Br)cc1. The van der Waals surface area contributed by atoms with E-state index in [1.807, 2.05) is 97.1 Å². The summed E-state index contributed by atoms with van der Waals surface area (Å²) in [6.07, 6.45) is 1.57. The van der Waals surface area contributed by atoms with Crippen LogP contribution >= 0.6 is 31.9 Å². The maximum Gasteiger partial charge on any atom is 0.277 e. The normalized spacial score (nSPS) is 10.8. The van der Waals surface area contributed by atoms with E-state index in [-0.39, 0.29) is 12.5 Å². The number of hydrazone groups is 1. The minimum absolute atomic E-state index is 0.125. The molecule has 0 aliphatic rings. The average Bonchev–Trinajstić information content (AvgIpc) is 2.88. The summed E-state index contributed by atoms with van der Waals surface area (Å²) in [5.74, 6) is 1.02. The Bertz CT molecular complexity index is 1290. The molecule has 0 atom stereocenters. The highest BCUT2D eigenvalue weighted by atomic mass is 79.9. The number of rotatable bonds is 9. The van der Waals surface area contributed by atoms with Gasteiger partial charge >= 0.3 is 0 Å². The summed E-state index contributed by atoms with van der Waals surface area (Å²) < 4.78 is 13.4. The Morgan fingerprint density at radius 3 is 2.17 bits per heavy atom. The van der Waals surface area contributed by atoms with Crippen LogP contribution in [0.2, 0.25) is 0 Å². The van der Waals surface area contributed by atoms with Gasteiger partial charge in [0.25, 0.3) is 5.91 Å². The standard InChI is InChI=1S/C28H22Br2N2O3/c29-24-11-8-23(27(30)16-24)18-34-25-12-6-20(7-13-25)17-31-32-28(33)19-35-26-14-9-22(10-15-26)21-4-2-1-3-5-21/h1-17H,18-19H2,(H,32,33)/b31-17+. The number of halogens is 2. The third kappa shape index (κ3) is 7.53. The first-order valence-corrected chi connectivity index (χ1v) is 12.4. The largest absolute Gasteiger partial charge is 0.489 e. The van der Waals surface area contributed by atoms with Gasteiger partial charge in [-0.15, -0.1) is 0 Å². The zero-order chi connectivity index (χ0) is 24.5. The smallest absolute Gasteiger partial charge is 0.277 e. The van der Waals surface area contributed by atoms with Gasteiger partial charge in [0.15, 0.2) is 6.61 Å². The highest BCUT2D eigenvalue weighted by molar-refractivity contribution is 9.11. The van der Waals surface area contributed by atoms with Crippen molar-refractivity contribution in [1.82, 2.24) is 5.43 Å². The fourth-order valence-corrected chi connectivity index (χ4v) is 4.35.